The van der Waals surface area contributed by atoms with Crippen LogP contribution in [0, 0.1) is 0 Å². The molecule has 0 saturated carbocycles. The second-order valence-electron chi connectivity index (χ2n) is 6.06. The monoisotopic (exact) mass is 304 g/mol. The standard InChI is InChI=1S/C18H28N2O2/c1-4-13-22-17-8-5-16(6-9-17)7-10-18(21)20-12-11-19-14(2)15(20)3/h5-6,8-9,14-15,19H,4,7,10-13H2,1-3H3. The molecule has 0 spiro atoms. The minimum atomic E-state index is 0.257. The van der Waals surface area contributed by atoms with Crippen LogP contribution in [-0.2, 0) is 11.2 Å². The van der Waals surface area contributed by atoms with Crippen LogP contribution in [-0.4, -0.2) is 42.6 Å². The fourth-order valence-corrected chi connectivity index (χ4v) is 2.78. The number of hydrogen-bond acceptors (Lipinski definition) is 3. The highest BCUT2D eigenvalue weighted by atomic mass is 16.5. The van der Waals surface area contributed by atoms with Crippen LogP contribution in [0.25, 0.3) is 0 Å². The van der Waals surface area contributed by atoms with Gasteiger partial charge >= 0.3 is 0 Å². The SMILES string of the molecule is CCCOc1ccc(CCC(=O)N2CCNC(C)C2C)cc1. The van der Waals surface area contributed by atoms with Crippen LogP contribution in [0.3, 0.4) is 0 Å². The highest BCUT2D eigenvalue weighted by molar-refractivity contribution is 5.77. The van der Waals surface area contributed by atoms with E-state index in [0.717, 1.165) is 38.3 Å². The van der Waals surface area contributed by atoms with Gasteiger partial charge < -0.3 is 15.0 Å². The molecule has 0 bridgehead atoms. The fourth-order valence-electron chi connectivity index (χ4n) is 2.78. The minimum Gasteiger partial charge on any atom is -0.494 e. The maximum atomic E-state index is 12.4. The van der Waals surface area contributed by atoms with Gasteiger partial charge in [0.15, 0.2) is 0 Å². The van der Waals surface area contributed by atoms with Gasteiger partial charge in [0, 0.05) is 31.6 Å². The minimum absolute atomic E-state index is 0.257. The zero-order valence-electron chi connectivity index (χ0n) is 14.0. The summed E-state index contributed by atoms with van der Waals surface area (Å²) in [5, 5.41) is 3.41. The van der Waals surface area contributed by atoms with E-state index in [1.54, 1.807) is 0 Å². The summed E-state index contributed by atoms with van der Waals surface area (Å²) in [5.74, 6) is 1.16. The first-order chi connectivity index (χ1) is 10.6. The van der Waals surface area contributed by atoms with Gasteiger partial charge in [-0.15, -0.1) is 0 Å². The molecule has 1 aliphatic heterocycles. The lowest BCUT2D eigenvalue weighted by molar-refractivity contribution is -0.134. The van der Waals surface area contributed by atoms with Crippen molar-refractivity contribution in [2.24, 2.45) is 0 Å². The summed E-state index contributed by atoms with van der Waals surface area (Å²) in [6.45, 7) is 8.80. The molecule has 2 unspecified atom stereocenters. The van der Waals surface area contributed by atoms with Crippen molar-refractivity contribution in [2.45, 2.75) is 52.1 Å². The van der Waals surface area contributed by atoms with Gasteiger partial charge in [-0.25, -0.2) is 0 Å². The number of carbonyl (C=O) groups is 1. The molecular weight excluding hydrogens is 276 g/mol. The summed E-state index contributed by atoms with van der Waals surface area (Å²) < 4.78 is 5.57. The Kier molecular flexibility index (Phi) is 6.25. The zero-order valence-corrected chi connectivity index (χ0v) is 14.0. The Balaban J connectivity index is 1.83. The molecule has 0 aliphatic carbocycles. The summed E-state index contributed by atoms with van der Waals surface area (Å²) in [4.78, 5) is 14.4. The molecule has 22 heavy (non-hydrogen) atoms. The summed E-state index contributed by atoms with van der Waals surface area (Å²) in [5.41, 5.74) is 1.19. The van der Waals surface area contributed by atoms with E-state index >= 15 is 0 Å². The van der Waals surface area contributed by atoms with Crippen molar-refractivity contribution in [3.05, 3.63) is 29.8 Å². The Morgan fingerprint density at radius 1 is 1.32 bits per heavy atom. The molecule has 122 valence electrons. The number of amides is 1. The summed E-state index contributed by atoms with van der Waals surface area (Å²) in [6.07, 6.45) is 2.38. The van der Waals surface area contributed by atoms with Gasteiger partial charge in [-0.1, -0.05) is 19.1 Å². The van der Waals surface area contributed by atoms with Gasteiger partial charge in [-0.2, -0.15) is 0 Å². The molecule has 1 amide bonds. The Bertz CT molecular complexity index is 472. The number of benzene rings is 1. The molecule has 1 fully saturated rings. The van der Waals surface area contributed by atoms with Crippen LogP contribution in [0.15, 0.2) is 24.3 Å². The van der Waals surface area contributed by atoms with Crippen molar-refractivity contribution in [3.63, 3.8) is 0 Å². The smallest absolute Gasteiger partial charge is 0.223 e. The predicted octanol–water partition coefficient (Wildman–Crippen LogP) is 2.62. The van der Waals surface area contributed by atoms with Crippen molar-refractivity contribution < 1.29 is 9.53 Å². The van der Waals surface area contributed by atoms with Gasteiger partial charge in [0.1, 0.15) is 5.75 Å². The van der Waals surface area contributed by atoms with Crippen LogP contribution >= 0.6 is 0 Å². The Hall–Kier alpha value is -1.55. The van der Waals surface area contributed by atoms with E-state index in [0.29, 0.717) is 12.5 Å². The van der Waals surface area contributed by atoms with E-state index in [-0.39, 0.29) is 11.9 Å². The van der Waals surface area contributed by atoms with Crippen LogP contribution in [0.1, 0.15) is 39.2 Å². The van der Waals surface area contributed by atoms with E-state index in [1.165, 1.54) is 5.56 Å². The Labute approximate surface area is 133 Å². The average molecular weight is 304 g/mol. The molecule has 0 aromatic heterocycles. The number of nitrogens with zero attached hydrogens (tertiary/aromatic N) is 1. The van der Waals surface area contributed by atoms with E-state index < -0.39 is 0 Å². The summed E-state index contributed by atoms with van der Waals surface area (Å²) in [6, 6.07) is 8.74. The van der Waals surface area contributed by atoms with Crippen molar-refractivity contribution in [1.29, 1.82) is 0 Å². The van der Waals surface area contributed by atoms with E-state index in [4.69, 9.17) is 4.74 Å². The molecule has 1 saturated heterocycles. The van der Waals surface area contributed by atoms with Gasteiger partial charge in [-0.3, -0.25) is 4.79 Å². The van der Waals surface area contributed by atoms with E-state index in [9.17, 15) is 4.79 Å². The number of hydrogen-bond donors (Lipinski definition) is 1. The molecule has 1 aliphatic rings. The normalized spacial score (nSPS) is 21.7. The quantitative estimate of drug-likeness (QED) is 0.878. The summed E-state index contributed by atoms with van der Waals surface area (Å²) >= 11 is 0. The van der Waals surface area contributed by atoms with Gasteiger partial charge in [0.25, 0.3) is 0 Å². The Morgan fingerprint density at radius 3 is 2.73 bits per heavy atom. The van der Waals surface area contributed by atoms with Gasteiger partial charge in [0.2, 0.25) is 5.91 Å². The topological polar surface area (TPSA) is 41.6 Å². The number of carbonyl (C=O) groups excluding carboxylic acids is 1. The molecule has 1 aromatic rings. The van der Waals surface area contributed by atoms with Crippen molar-refractivity contribution in [3.8, 4) is 5.75 Å². The lowest BCUT2D eigenvalue weighted by Gasteiger charge is -2.38. The number of ether oxygens (including phenoxy) is 1. The third-order valence-corrected chi connectivity index (χ3v) is 4.38. The number of nitrogens with one attached hydrogen (secondary N) is 1. The van der Waals surface area contributed by atoms with E-state index in [2.05, 4.69) is 38.2 Å². The van der Waals surface area contributed by atoms with Crippen molar-refractivity contribution in [2.75, 3.05) is 19.7 Å². The molecule has 1 aromatic carbocycles. The number of aryl methyl sites for hydroxylation is 1. The Morgan fingerprint density at radius 2 is 2.05 bits per heavy atom. The van der Waals surface area contributed by atoms with Crippen LogP contribution in [0.5, 0.6) is 5.75 Å². The molecule has 4 heteroatoms. The van der Waals surface area contributed by atoms with Crippen LogP contribution < -0.4 is 10.1 Å². The molecular formula is C18H28N2O2. The lowest BCUT2D eigenvalue weighted by Crippen LogP contribution is -2.57. The van der Waals surface area contributed by atoms with E-state index in [1.807, 2.05) is 17.0 Å². The van der Waals surface area contributed by atoms with Crippen molar-refractivity contribution in [1.82, 2.24) is 10.2 Å². The first-order valence-electron chi connectivity index (χ1n) is 8.36. The molecule has 2 atom stereocenters. The molecule has 2 rings (SSSR count). The second-order valence-corrected chi connectivity index (χ2v) is 6.06. The van der Waals surface area contributed by atoms with Gasteiger partial charge in [-0.05, 0) is 44.4 Å². The molecule has 4 nitrogen and oxygen atoms in total. The van der Waals surface area contributed by atoms with Crippen molar-refractivity contribution >= 4 is 5.91 Å². The second kappa shape index (κ2) is 8.18. The third-order valence-electron chi connectivity index (χ3n) is 4.38. The van der Waals surface area contributed by atoms with Crippen LogP contribution in [0.2, 0.25) is 0 Å². The predicted molar refractivity (Wildman–Crippen MR) is 89.2 cm³/mol. The first-order valence-corrected chi connectivity index (χ1v) is 8.36. The fraction of sp³-hybridized carbons (Fsp3) is 0.611. The first kappa shape index (κ1) is 16.8. The maximum absolute atomic E-state index is 12.4. The third kappa shape index (κ3) is 4.47. The number of rotatable bonds is 6. The lowest BCUT2D eigenvalue weighted by atomic mass is 10.0. The highest BCUT2D eigenvalue weighted by Gasteiger charge is 2.27. The maximum Gasteiger partial charge on any atom is 0.223 e. The zero-order chi connectivity index (χ0) is 15.9. The molecule has 1 N–H and O–H groups in total. The van der Waals surface area contributed by atoms with Crippen LogP contribution in [0.4, 0.5) is 0 Å². The molecule has 1 heterocycles. The van der Waals surface area contributed by atoms with Gasteiger partial charge in [0.05, 0.1) is 6.61 Å². The average Bonchev–Trinajstić information content (AvgIpc) is 2.54. The largest absolute Gasteiger partial charge is 0.494 e. The molecule has 0 radical (unpaired) electrons. The number of piperazine rings is 1. The summed E-state index contributed by atoms with van der Waals surface area (Å²) in [7, 11) is 0. The highest BCUT2D eigenvalue weighted by Crippen LogP contribution is 2.15.